The summed E-state index contributed by atoms with van der Waals surface area (Å²) in [6.07, 6.45) is 3.74. The Morgan fingerprint density at radius 1 is 0.875 bits per heavy atom. The molecule has 118 valence electrons. The Bertz CT molecular complexity index is 1010. The van der Waals surface area contributed by atoms with Crippen molar-refractivity contribution in [3.8, 4) is 0 Å². The number of ketones is 2. The second kappa shape index (κ2) is 5.41. The number of carbonyl (C=O) groups is 2. The minimum absolute atomic E-state index is 0.0224. The highest BCUT2D eigenvalue weighted by molar-refractivity contribution is 6.13. The summed E-state index contributed by atoms with van der Waals surface area (Å²) in [4.78, 5) is 24.8. The molecule has 0 fully saturated rings. The van der Waals surface area contributed by atoms with Crippen molar-refractivity contribution >= 4 is 33.1 Å². The van der Waals surface area contributed by atoms with Crippen LogP contribution < -0.4 is 0 Å². The second-order valence-electron chi connectivity index (χ2n) is 6.50. The number of benzene rings is 3. The Balaban J connectivity index is 2.05. The van der Waals surface area contributed by atoms with E-state index < -0.39 is 5.41 Å². The lowest BCUT2D eigenvalue weighted by Crippen LogP contribution is -2.39. The highest BCUT2D eigenvalue weighted by atomic mass is 16.1. The summed E-state index contributed by atoms with van der Waals surface area (Å²) >= 11 is 0. The van der Waals surface area contributed by atoms with Crippen LogP contribution in [0.3, 0.4) is 0 Å². The number of hydrogen-bond donors (Lipinski definition) is 0. The highest BCUT2D eigenvalue weighted by Crippen LogP contribution is 2.40. The fraction of sp³-hybridized carbons (Fsp3) is 0.182. The molecule has 0 spiro atoms. The fourth-order valence-electron chi connectivity index (χ4n) is 3.87. The van der Waals surface area contributed by atoms with E-state index in [1.165, 1.54) is 17.5 Å². The van der Waals surface area contributed by atoms with Crippen LogP contribution >= 0.6 is 0 Å². The Hall–Kier alpha value is -2.74. The van der Waals surface area contributed by atoms with Gasteiger partial charge in [0, 0.05) is 6.42 Å². The highest BCUT2D eigenvalue weighted by Gasteiger charge is 2.41. The number of rotatable bonds is 2. The van der Waals surface area contributed by atoms with Gasteiger partial charge in [-0.2, -0.15) is 0 Å². The molecular formula is C22H18O2. The number of allylic oxidation sites excluding steroid dienone is 2. The van der Waals surface area contributed by atoms with E-state index in [9.17, 15) is 9.59 Å². The van der Waals surface area contributed by atoms with Crippen LogP contribution in [0.15, 0.2) is 66.7 Å². The first kappa shape index (κ1) is 14.8. The molecular weight excluding hydrogens is 296 g/mol. The van der Waals surface area contributed by atoms with E-state index in [2.05, 4.69) is 30.3 Å². The average molecular weight is 314 g/mol. The van der Waals surface area contributed by atoms with Gasteiger partial charge in [-0.05, 0) is 57.8 Å². The zero-order valence-electron chi connectivity index (χ0n) is 13.6. The van der Waals surface area contributed by atoms with Crippen LogP contribution in [0.5, 0.6) is 0 Å². The molecule has 1 aliphatic rings. The van der Waals surface area contributed by atoms with Crippen molar-refractivity contribution in [1.29, 1.82) is 0 Å². The van der Waals surface area contributed by atoms with Crippen molar-refractivity contribution in [2.45, 2.75) is 25.2 Å². The van der Waals surface area contributed by atoms with Gasteiger partial charge in [0.25, 0.3) is 0 Å². The molecule has 2 heteroatoms. The molecule has 0 aromatic heterocycles. The van der Waals surface area contributed by atoms with Crippen molar-refractivity contribution in [3.05, 3.63) is 72.3 Å². The Kier molecular flexibility index (Phi) is 3.34. The van der Waals surface area contributed by atoms with Gasteiger partial charge in [0.1, 0.15) is 0 Å². The maximum Gasteiger partial charge on any atom is 0.166 e. The lowest BCUT2D eigenvalue weighted by atomic mass is 9.67. The quantitative estimate of drug-likeness (QED) is 0.640. The third-order valence-electron chi connectivity index (χ3n) is 5.23. The van der Waals surface area contributed by atoms with Gasteiger partial charge in [-0.1, -0.05) is 49.4 Å². The van der Waals surface area contributed by atoms with Gasteiger partial charge in [-0.15, -0.1) is 0 Å². The second-order valence-corrected chi connectivity index (χ2v) is 6.50. The van der Waals surface area contributed by atoms with Crippen molar-refractivity contribution in [1.82, 2.24) is 0 Å². The smallest absolute Gasteiger partial charge is 0.166 e. The maximum absolute atomic E-state index is 12.8. The summed E-state index contributed by atoms with van der Waals surface area (Å²) in [6.45, 7) is 1.99. The van der Waals surface area contributed by atoms with Crippen LogP contribution in [-0.4, -0.2) is 11.6 Å². The van der Waals surface area contributed by atoms with Crippen molar-refractivity contribution in [2.75, 3.05) is 0 Å². The normalized spacial score (nSPS) is 20.9. The van der Waals surface area contributed by atoms with Crippen molar-refractivity contribution in [3.63, 3.8) is 0 Å². The van der Waals surface area contributed by atoms with Crippen LogP contribution in [0.1, 0.15) is 25.3 Å². The molecule has 0 saturated heterocycles. The van der Waals surface area contributed by atoms with Crippen molar-refractivity contribution in [2.24, 2.45) is 0 Å². The van der Waals surface area contributed by atoms with Gasteiger partial charge in [-0.3, -0.25) is 9.59 Å². The molecule has 4 rings (SSSR count). The van der Waals surface area contributed by atoms with Gasteiger partial charge in [-0.25, -0.2) is 0 Å². The van der Waals surface area contributed by atoms with Gasteiger partial charge in [0.2, 0.25) is 0 Å². The third kappa shape index (κ3) is 2.10. The van der Waals surface area contributed by atoms with Gasteiger partial charge < -0.3 is 0 Å². The number of carbonyl (C=O) groups excluding carboxylic acids is 2. The van der Waals surface area contributed by atoms with E-state index in [1.807, 2.05) is 31.2 Å². The SMILES string of the molecule is CCC1(c2cccc3cc4ccccc4cc23)CC(=O)C=CC1=O. The zero-order chi connectivity index (χ0) is 16.7. The molecule has 3 aromatic rings. The molecule has 24 heavy (non-hydrogen) atoms. The van der Waals surface area contributed by atoms with Gasteiger partial charge in [0.05, 0.1) is 5.41 Å². The summed E-state index contributed by atoms with van der Waals surface area (Å²) in [5.74, 6) is 0.0551. The Labute approximate surface area is 140 Å². The standard InChI is InChI=1S/C22H18O2/c1-2-22(14-18(23)10-11-21(22)24)20-9-5-8-17-12-15-6-3-4-7-16(15)13-19(17)20/h3-13H,2,14H2,1H3. The largest absolute Gasteiger partial charge is 0.295 e. The van der Waals surface area contributed by atoms with Crippen LogP contribution in [-0.2, 0) is 15.0 Å². The first-order chi connectivity index (χ1) is 11.6. The molecule has 1 aliphatic carbocycles. The summed E-state index contributed by atoms with van der Waals surface area (Å²) in [7, 11) is 0. The van der Waals surface area contributed by atoms with Crippen LogP contribution in [0, 0.1) is 0 Å². The monoisotopic (exact) mass is 314 g/mol. The minimum Gasteiger partial charge on any atom is -0.295 e. The number of hydrogen-bond acceptors (Lipinski definition) is 2. The topological polar surface area (TPSA) is 34.1 Å². The van der Waals surface area contributed by atoms with Crippen LogP contribution in [0.4, 0.5) is 0 Å². The Morgan fingerprint density at radius 2 is 1.58 bits per heavy atom. The lowest BCUT2D eigenvalue weighted by Gasteiger charge is -2.33. The van der Waals surface area contributed by atoms with Crippen LogP contribution in [0.2, 0.25) is 0 Å². The Morgan fingerprint density at radius 3 is 2.33 bits per heavy atom. The predicted octanol–water partition coefficient (Wildman–Crippen LogP) is 4.74. The van der Waals surface area contributed by atoms with E-state index in [1.54, 1.807) is 0 Å². The molecule has 2 nitrogen and oxygen atoms in total. The first-order valence-corrected chi connectivity index (χ1v) is 8.31. The summed E-state index contributed by atoms with van der Waals surface area (Å²) in [6, 6.07) is 18.6. The predicted molar refractivity (Wildman–Crippen MR) is 97.2 cm³/mol. The molecule has 3 aromatic carbocycles. The molecule has 1 atom stereocenters. The fourth-order valence-corrected chi connectivity index (χ4v) is 3.87. The van der Waals surface area contributed by atoms with E-state index in [-0.39, 0.29) is 18.0 Å². The first-order valence-electron chi connectivity index (χ1n) is 8.31. The maximum atomic E-state index is 12.8. The van der Waals surface area contributed by atoms with Crippen molar-refractivity contribution < 1.29 is 9.59 Å². The van der Waals surface area contributed by atoms with E-state index >= 15 is 0 Å². The lowest BCUT2D eigenvalue weighted by molar-refractivity contribution is -0.126. The molecule has 0 aliphatic heterocycles. The molecule has 0 heterocycles. The zero-order valence-corrected chi connectivity index (χ0v) is 13.6. The van der Waals surface area contributed by atoms with Gasteiger partial charge in [0.15, 0.2) is 11.6 Å². The molecule has 0 bridgehead atoms. The summed E-state index contributed by atoms with van der Waals surface area (Å²) in [5.41, 5.74) is 0.226. The molecule has 0 amide bonds. The molecule has 0 N–H and O–H groups in total. The molecule has 0 radical (unpaired) electrons. The van der Waals surface area contributed by atoms with E-state index in [0.717, 1.165) is 21.7 Å². The van der Waals surface area contributed by atoms with E-state index in [4.69, 9.17) is 0 Å². The van der Waals surface area contributed by atoms with Gasteiger partial charge >= 0.3 is 0 Å². The number of fused-ring (bicyclic) bond motifs is 2. The molecule has 1 unspecified atom stereocenters. The molecule has 0 saturated carbocycles. The average Bonchev–Trinajstić information content (AvgIpc) is 2.61. The summed E-state index contributed by atoms with van der Waals surface area (Å²) < 4.78 is 0. The van der Waals surface area contributed by atoms with E-state index in [0.29, 0.717) is 6.42 Å². The minimum atomic E-state index is -0.742. The third-order valence-corrected chi connectivity index (χ3v) is 5.23. The van der Waals surface area contributed by atoms with Crippen LogP contribution in [0.25, 0.3) is 21.5 Å². The summed E-state index contributed by atoms with van der Waals surface area (Å²) in [5, 5.41) is 4.50.